The van der Waals surface area contributed by atoms with E-state index in [1.165, 1.54) is 0 Å². The first-order valence-electron chi connectivity index (χ1n) is 8.47. The zero-order chi connectivity index (χ0) is 19.8. The maximum absolute atomic E-state index is 12.0. The first kappa shape index (κ1) is 20.1. The maximum atomic E-state index is 12.0. The molecule has 0 bridgehead atoms. The zero-order valence-electron chi connectivity index (χ0n) is 16.0. The predicted molar refractivity (Wildman–Crippen MR) is 105 cm³/mol. The van der Waals surface area contributed by atoms with E-state index in [2.05, 4.69) is 10.6 Å². The number of carbonyl (C=O) groups excluding carboxylic acids is 2. The molecule has 2 aromatic rings. The number of rotatable bonds is 8. The minimum absolute atomic E-state index is 0.247. The van der Waals surface area contributed by atoms with Crippen LogP contribution in [0.1, 0.15) is 12.0 Å². The summed E-state index contributed by atoms with van der Waals surface area (Å²) >= 11 is 0. The highest BCUT2D eigenvalue weighted by atomic mass is 16.5. The third-order valence-electron chi connectivity index (χ3n) is 3.93. The lowest BCUT2D eigenvalue weighted by Crippen LogP contribution is -2.27. The summed E-state index contributed by atoms with van der Waals surface area (Å²) < 4.78 is 10.4. The van der Waals surface area contributed by atoms with E-state index in [-0.39, 0.29) is 18.2 Å². The number of benzene rings is 2. The highest BCUT2D eigenvalue weighted by Crippen LogP contribution is 2.27. The second kappa shape index (κ2) is 9.47. The topological polar surface area (TPSA) is 79.9 Å². The van der Waals surface area contributed by atoms with Gasteiger partial charge in [0.1, 0.15) is 6.42 Å². The molecule has 0 saturated carbocycles. The Morgan fingerprint density at radius 1 is 0.926 bits per heavy atom. The molecule has 27 heavy (non-hydrogen) atoms. The summed E-state index contributed by atoms with van der Waals surface area (Å²) in [6.07, 6.45) is -0.247. The van der Waals surface area contributed by atoms with Crippen LogP contribution in [0.2, 0.25) is 0 Å². The van der Waals surface area contributed by atoms with Gasteiger partial charge in [-0.1, -0.05) is 6.07 Å². The number of carbonyl (C=O) groups is 2. The molecule has 0 aliphatic rings. The van der Waals surface area contributed by atoms with E-state index >= 15 is 0 Å². The van der Waals surface area contributed by atoms with Gasteiger partial charge in [-0.3, -0.25) is 9.59 Å². The molecule has 7 heteroatoms. The van der Waals surface area contributed by atoms with E-state index in [1.807, 2.05) is 37.2 Å². The van der Waals surface area contributed by atoms with Crippen LogP contribution < -0.4 is 25.0 Å². The van der Waals surface area contributed by atoms with Gasteiger partial charge >= 0.3 is 0 Å². The summed E-state index contributed by atoms with van der Waals surface area (Å²) in [5.74, 6) is 0.486. The highest BCUT2D eigenvalue weighted by Gasteiger charge is 2.11. The minimum atomic E-state index is -0.364. The lowest BCUT2D eigenvalue weighted by Gasteiger charge is -2.13. The van der Waals surface area contributed by atoms with Crippen molar-refractivity contribution in [3.8, 4) is 11.5 Å². The van der Waals surface area contributed by atoms with Gasteiger partial charge in [0.2, 0.25) is 11.8 Å². The quantitative estimate of drug-likeness (QED) is 0.697. The highest BCUT2D eigenvalue weighted by molar-refractivity contribution is 6.03. The minimum Gasteiger partial charge on any atom is -0.493 e. The van der Waals surface area contributed by atoms with E-state index in [0.29, 0.717) is 23.7 Å². The van der Waals surface area contributed by atoms with Crippen LogP contribution in [0.25, 0.3) is 0 Å². The second-order valence-electron chi connectivity index (χ2n) is 6.13. The Kier molecular flexibility index (Phi) is 7.05. The fraction of sp³-hybridized carbons (Fsp3) is 0.300. The van der Waals surface area contributed by atoms with Crippen LogP contribution in [0, 0.1) is 0 Å². The van der Waals surface area contributed by atoms with E-state index in [9.17, 15) is 9.59 Å². The van der Waals surface area contributed by atoms with Crippen molar-refractivity contribution in [2.45, 2.75) is 13.0 Å². The molecule has 0 saturated heterocycles. The van der Waals surface area contributed by atoms with Gasteiger partial charge in [0, 0.05) is 32.0 Å². The third kappa shape index (κ3) is 5.91. The largest absolute Gasteiger partial charge is 0.493 e. The number of nitrogens with zero attached hydrogens (tertiary/aromatic N) is 1. The van der Waals surface area contributed by atoms with Crippen LogP contribution in [0.5, 0.6) is 11.5 Å². The molecule has 0 aliphatic heterocycles. The number of nitrogens with one attached hydrogen (secondary N) is 2. The van der Waals surface area contributed by atoms with Crippen LogP contribution >= 0.6 is 0 Å². The monoisotopic (exact) mass is 371 g/mol. The lowest BCUT2D eigenvalue weighted by molar-refractivity contribution is -0.126. The SMILES string of the molecule is COc1ccc(CNC(=O)CC(=O)Nc2ccc(N(C)C)cc2)cc1OC. The standard InChI is InChI=1S/C20H25N3O4/c1-23(2)16-8-6-15(7-9-16)22-20(25)12-19(24)21-13-14-5-10-17(26-3)18(11-14)27-4/h5-11H,12-13H2,1-4H3,(H,21,24)(H,22,25). The summed E-state index contributed by atoms with van der Waals surface area (Å²) in [6.45, 7) is 0.296. The van der Waals surface area contributed by atoms with Crippen molar-refractivity contribution in [2.75, 3.05) is 38.5 Å². The molecule has 2 rings (SSSR count). The lowest BCUT2D eigenvalue weighted by atomic mass is 10.2. The Bertz CT molecular complexity index is 788. The molecule has 0 aromatic heterocycles. The fourth-order valence-electron chi connectivity index (χ4n) is 2.45. The smallest absolute Gasteiger partial charge is 0.233 e. The molecule has 0 aliphatic carbocycles. The normalized spacial score (nSPS) is 10.1. The van der Waals surface area contributed by atoms with Crippen molar-refractivity contribution in [1.82, 2.24) is 5.32 Å². The Morgan fingerprint density at radius 3 is 2.19 bits per heavy atom. The van der Waals surface area contributed by atoms with Crippen molar-refractivity contribution >= 4 is 23.2 Å². The Hall–Kier alpha value is -3.22. The average molecular weight is 371 g/mol. The van der Waals surface area contributed by atoms with Gasteiger partial charge in [0.05, 0.1) is 14.2 Å². The van der Waals surface area contributed by atoms with Crippen LogP contribution in [0.3, 0.4) is 0 Å². The van der Waals surface area contributed by atoms with E-state index in [4.69, 9.17) is 9.47 Å². The maximum Gasteiger partial charge on any atom is 0.233 e. The van der Waals surface area contributed by atoms with E-state index in [1.54, 1.807) is 38.5 Å². The second-order valence-corrected chi connectivity index (χ2v) is 6.13. The number of hydrogen-bond donors (Lipinski definition) is 2. The van der Waals surface area contributed by atoms with Crippen LogP contribution in [0.15, 0.2) is 42.5 Å². The van der Waals surface area contributed by atoms with Gasteiger partial charge in [-0.2, -0.15) is 0 Å². The molecule has 0 radical (unpaired) electrons. The van der Waals surface area contributed by atoms with Crippen LogP contribution in [-0.4, -0.2) is 40.1 Å². The number of anilines is 2. The fourth-order valence-corrected chi connectivity index (χ4v) is 2.45. The molecule has 2 N–H and O–H groups in total. The summed E-state index contributed by atoms with van der Waals surface area (Å²) in [5, 5.41) is 5.44. The van der Waals surface area contributed by atoms with Crippen LogP contribution in [-0.2, 0) is 16.1 Å². The molecule has 0 heterocycles. The molecular weight excluding hydrogens is 346 g/mol. The average Bonchev–Trinajstić information content (AvgIpc) is 2.66. The Labute approximate surface area is 159 Å². The summed E-state index contributed by atoms with van der Waals surface area (Å²) in [5.41, 5.74) is 2.53. The van der Waals surface area contributed by atoms with Gasteiger partial charge in [0.25, 0.3) is 0 Å². The summed E-state index contributed by atoms with van der Waals surface area (Å²) in [4.78, 5) is 26.0. The van der Waals surface area contributed by atoms with E-state index < -0.39 is 0 Å². The van der Waals surface area contributed by atoms with Crippen molar-refractivity contribution < 1.29 is 19.1 Å². The molecule has 0 unspecified atom stereocenters. The van der Waals surface area contributed by atoms with Gasteiger partial charge in [-0.05, 0) is 42.0 Å². The number of hydrogen-bond acceptors (Lipinski definition) is 5. The molecule has 0 fully saturated rings. The predicted octanol–water partition coefficient (Wildman–Crippen LogP) is 2.41. The molecule has 2 aromatic carbocycles. The zero-order valence-corrected chi connectivity index (χ0v) is 16.0. The van der Waals surface area contributed by atoms with E-state index in [0.717, 1.165) is 11.3 Å². The van der Waals surface area contributed by atoms with Gasteiger partial charge in [-0.25, -0.2) is 0 Å². The summed E-state index contributed by atoms with van der Waals surface area (Å²) in [6, 6.07) is 12.8. The third-order valence-corrected chi connectivity index (χ3v) is 3.93. The van der Waals surface area contributed by atoms with Gasteiger partial charge < -0.3 is 25.0 Å². The van der Waals surface area contributed by atoms with Gasteiger partial charge in [0.15, 0.2) is 11.5 Å². The van der Waals surface area contributed by atoms with Crippen molar-refractivity contribution in [1.29, 1.82) is 0 Å². The molecule has 0 atom stereocenters. The Balaban J connectivity index is 1.83. The van der Waals surface area contributed by atoms with Crippen LogP contribution in [0.4, 0.5) is 11.4 Å². The summed E-state index contributed by atoms with van der Waals surface area (Å²) in [7, 11) is 6.99. The molecular formula is C20H25N3O4. The number of amides is 2. The first-order chi connectivity index (χ1) is 12.9. The van der Waals surface area contributed by atoms with Crippen molar-refractivity contribution in [3.05, 3.63) is 48.0 Å². The first-order valence-corrected chi connectivity index (χ1v) is 8.47. The molecule has 7 nitrogen and oxygen atoms in total. The molecule has 144 valence electrons. The molecule has 2 amide bonds. The van der Waals surface area contributed by atoms with Gasteiger partial charge in [-0.15, -0.1) is 0 Å². The molecule has 0 spiro atoms. The van der Waals surface area contributed by atoms with Crippen molar-refractivity contribution in [3.63, 3.8) is 0 Å². The number of ether oxygens (including phenoxy) is 2. The van der Waals surface area contributed by atoms with Crippen molar-refractivity contribution in [2.24, 2.45) is 0 Å². The number of methoxy groups -OCH3 is 2. The Morgan fingerprint density at radius 2 is 1.59 bits per heavy atom.